The Bertz CT molecular complexity index is 979. The highest BCUT2D eigenvalue weighted by atomic mass is 32.2. The van der Waals surface area contributed by atoms with Crippen LogP contribution in [0.5, 0.6) is 0 Å². The summed E-state index contributed by atoms with van der Waals surface area (Å²) in [5.74, 6) is -0.0275. The van der Waals surface area contributed by atoms with Crippen LogP contribution in [-0.2, 0) is 14.8 Å². The number of hydrogen-bond acceptors (Lipinski definition) is 7. The van der Waals surface area contributed by atoms with Gasteiger partial charge in [0.25, 0.3) is 0 Å². The van der Waals surface area contributed by atoms with Crippen molar-refractivity contribution in [1.82, 2.24) is 9.97 Å². The molecule has 1 saturated heterocycles. The van der Waals surface area contributed by atoms with E-state index in [1.165, 1.54) is 12.1 Å². The highest BCUT2D eigenvalue weighted by molar-refractivity contribution is 7.89. The number of primary sulfonamides is 1. The SMILES string of the molecule is CC1CN(c2nc(Nc3ccc(S(N)(=O)=O)cc3)ncc2F)CC2(CCC2)O1. The molecule has 28 heavy (non-hydrogen) atoms. The smallest absolute Gasteiger partial charge is 0.238 e. The van der Waals surface area contributed by atoms with Crippen LogP contribution in [0.4, 0.5) is 21.8 Å². The molecule has 4 rings (SSSR count). The fourth-order valence-electron chi connectivity index (χ4n) is 3.73. The summed E-state index contributed by atoms with van der Waals surface area (Å²) >= 11 is 0. The molecule has 2 heterocycles. The van der Waals surface area contributed by atoms with E-state index in [1.807, 2.05) is 11.8 Å². The molecule has 1 aromatic carbocycles. The van der Waals surface area contributed by atoms with Crippen molar-refractivity contribution in [1.29, 1.82) is 0 Å². The van der Waals surface area contributed by atoms with Crippen molar-refractivity contribution < 1.29 is 17.5 Å². The molecule has 2 fully saturated rings. The van der Waals surface area contributed by atoms with Crippen LogP contribution < -0.4 is 15.4 Å². The first-order chi connectivity index (χ1) is 13.2. The maximum Gasteiger partial charge on any atom is 0.238 e. The van der Waals surface area contributed by atoms with Gasteiger partial charge in [0.05, 0.1) is 22.8 Å². The van der Waals surface area contributed by atoms with Crippen LogP contribution in [0.15, 0.2) is 35.4 Å². The number of halogens is 1. The molecule has 1 aliphatic heterocycles. The molecule has 1 saturated carbocycles. The highest BCUT2D eigenvalue weighted by Gasteiger charge is 2.45. The Balaban J connectivity index is 1.55. The fraction of sp³-hybridized carbons (Fsp3) is 0.444. The lowest BCUT2D eigenvalue weighted by Gasteiger charge is -2.51. The predicted octanol–water partition coefficient (Wildman–Crippen LogP) is 2.15. The van der Waals surface area contributed by atoms with E-state index >= 15 is 0 Å². The lowest BCUT2D eigenvalue weighted by molar-refractivity contribution is -0.142. The number of benzene rings is 1. The molecule has 1 spiro atoms. The number of sulfonamides is 1. The molecule has 1 aliphatic carbocycles. The van der Waals surface area contributed by atoms with Gasteiger partial charge in [-0.2, -0.15) is 4.98 Å². The van der Waals surface area contributed by atoms with Gasteiger partial charge in [0, 0.05) is 18.8 Å². The summed E-state index contributed by atoms with van der Waals surface area (Å²) in [6, 6.07) is 5.86. The minimum atomic E-state index is -3.76. The summed E-state index contributed by atoms with van der Waals surface area (Å²) in [5, 5.41) is 8.06. The number of rotatable bonds is 4. The summed E-state index contributed by atoms with van der Waals surface area (Å²) in [4.78, 5) is 10.3. The largest absolute Gasteiger partial charge is 0.368 e. The summed E-state index contributed by atoms with van der Waals surface area (Å²) in [6.07, 6.45) is 4.19. The molecule has 0 bridgehead atoms. The predicted molar refractivity (Wildman–Crippen MR) is 102 cm³/mol. The Morgan fingerprint density at radius 2 is 2.04 bits per heavy atom. The van der Waals surface area contributed by atoms with Gasteiger partial charge in [-0.1, -0.05) is 0 Å². The normalized spacial score (nSPS) is 21.4. The molecule has 150 valence electrons. The van der Waals surface area contributed by atoms with Crippen LogP contribution in [0.1, 0.15) is 26.2 Å². The molecular formula is C18H22FN5O3S. The van der Waals surface area contributed by atoms with Crippen molar-refractivity contribution >= 4 is 27.5 Å². The van der Waals surface area contributed by atoms with Crippen LogP contribution in [0.2, 0.25) is 0 Å². The van der Waals surface area contributed by atoms with Gasteiger partial charge in [0.1, 0.15) is 0 Å². The second kappa shape index (κ2) is 6.94. The van der Waals surface area contributed by atoms with Crippen molar-refractivity contribution in [3.05, 3.63) is 36.3 Å². The first-order valence-corrected chi connectivity index (χ1v) is 10.6. The summed E-state index contributed by atoms with van der Waals surface area (Å²) in [7, 11) is -3.76. The van der Waals surface area contributed by atoms with E-state index in [9.17, 15) is 12.8 Å². The Hall–Kier alpha value is -2.30. The van der Waals surface area contributed by atoms with Crippen molar-refractivity contribution in [3.8, 4) is 0 Å². The van der Waals surface area contributed by atoms with Crippen LogP contribution in [0.3, 0.4) is 0 Å². The summed E-state index contributed by atoms with van der Waals surface area (Å²) in [6.45, 7) is 3.14. The third-order valence-corrected chi connectivity index (χ3v) is 6.07. The van der Waals surface area contributed by atoms with Crippen molar-refractivity contribution in [2.24, 2.45) is 5.14 Å². The van der Waals surface area contributed by atoms with Crippen LogP contribution in [0, 0.1) is 5.82 Å². The number of morpholine rings is 1. The Kier molecular flexibility index (Phi) is 4.72. The minimum absolute atomic E-state index is 0.00636. The number of aromatic nitrogens is 2. The molecule has 0 radical (unpaired) electrons. The van der Waals surface area contributed by atoms with E-state index < -0.39 is 15.8 Å². The Morgan fingerprint density at radius 1 is 1.32 bits per heavy atom. The topological polar surface area (TPSA) is 110 Å². The van der Waals surface area contributed by atoms with Gasteiger partial charge < -0.3 is 15.0 Å². The number of ether oxygens (including phenoxy) is 1. The fourth-order valence-corrected chi connectivity index (χ4v) is 4.25. The van der Waals surface area contributed by atoms with Crippen molar-refractivity contribution in [2.75, 3.05) is 23.3 Å². The van der Waals surface area contributed by atoms with Gasteiger partial charge in [-0.05, 0) is 50.5 Å². The first-order valence-electron chi connectivity index (χ1n) is 9.09. The zero-order valence-corrected chi connectivity index (χ0v) is 16.2. The molecule has 2 aliphatic rings. The van der Waals surface area contributed by atoms with Gasteiger partial charge >= 0.3 is 0 Å². The minimum Gasteiger partial charge on any atom is -0.368 e. The second-order valence-corrected chi connectivity index (χ2v) is 8.97. The highest BCUT2D eigenvalue weighted by Crippen LogP contribution is 2.41. The molecule has 10 heteroatoms. The van der Waals surface area contributed by atoms with Crippen molar-refractivity contribution in [3.63, 3.8) is 0 Å². The van der Waals surface area contributed by atoms with E-state index in [2.05, 4.69) is 15.3 Å². The van der Waals surface area contributed by atoms with Gasteiger partial charge in [0.15, 0.2) is 11.6 Å². The summed E-state index contributed by atoms with van der Waals surface area (Å²) < 4.78 is 43.2. The van der Waals surface area contributed by atoms with Gasteiger partial charge in [-0.25, -0.2) is 22.9 Å². The molecule has 1 aromatic heterocycles. The van der Waals surface area contributed by atoms with Crippen LogP contribution in [-0.4, -0.2) is 43.2 Å². The zero-order chi connectivity index (χ0) is 19.9. The maximum atomic E-state index is 14.5. The second-order valence-electron chi connectivity index (χ2n) is 7.41. The monoisotopic (exact) mass is 407 g/mol. The van der Waals surface area contributed by atoms with Gasteiger partial charge in [0.2, 0.25) is 16.0 Å². The van der Waals surface area contributed by atoms with Gasteiger partial charge in [-0.15, -0.1) is 0 Å². The lowest BCUT2D eigenvalue weighted by atomic mass is 9.78. The van der Waals surface area contributed by atoms with E-state index in [4.69, 9.17) is 9.88 Å². The van der Waals surface area contributed by atoms with E-state index in [-0.39, 0.29) is 28.4 Å². The van der Waals surface area contributed by atoms with E-state index in [0.717, 1.165) is 25.5 Å². The van der Waals surface area contributed by atoms with E-state index in [0.29, 0.717) is 18.8 Å². The molecule has 3 N–H and O–H groups in total. The standard InChI is InChI=1S/C18H22FN5O3S/c1-12-10-24(11-18(27-12)7-2-8-18)16-15(19)9-21-17(23-16)22-13-3-5-14(6-4-13)28(20,25)26/h3-6,9,12H,2,7-8,10-11H2,1H3,(H2,20,25,26)(H,21,22,23). The number of nitrogens with one attached hydrogen (secondary N) is 1. The molecule has 1 atom stereocenters. The molecule has 0 amide bonds. The average Bonchev–Trinajstić information content (AvgIpc) is 2.61. The third kappa shape index (κ3) is 3.80. The molecule has 8 nitrogen and oxygen atoms in total. The van der Waals surface area contributed by atoms with Crippen LogP contribution >= 0.6 is 0 Å². The zero-order valence-electron chi connectivity index (χ0n) is 15.4. The van der Waals surface area contributed by atoms with E-state index in [1.54, 1.807) is 12.1 Å². The number of anilines is 3. The Morgan fingerprint density at radius 3 is 2.64 bits per heavy atom. The molecule has 2 aromatic rings. The van der Waals surface area contributed by atoms with Crippen molar-refractivity contribution in [2.45, 2.75) is 42.8 Å². The van der Waals surface area contributed by atoms with Crippen LogP contribution in [0.25, 0.3) is 0 Å². The lowest BCUT2D eigenvalue weighted by Crippen LogP contribution is -2.58. The summed E-state index contributed by atoms with van der Waals surface area (Å²) in [5.41, 5.74) is 0.363. The molecular weight excluding hydrogens is 385 g/mol. The number of nitrogens with zero attached hydrogens (tertiary/aromatic N) is 3. The number of nitrogens with two attached hydrogens (primary N) is 1. The molecule has 1 unspecified atom stereocenters. The maximum absolute atomic E-state index is 14.5. The average molecular weight is 407 g/mol. The number of hydrogen-bond donors (Lipinski definition) is 2. The third-order valence-electron chi connectivity index (χ3n) is 5.14. The quantitative estimate of drug-likeness (QED) is 0.799. The first kappa shape index (κ1) is 19.0. The Labute approximate surface area is 163 Å². The van der Waals surface area contributed by atoms with Gasteiger partial charge in [-0.3, -0.25) is 0 Å².